The number of nitrogens with zero attached hydrogens (tertiary/aromatic N) is 1. The number of methoxy groups -OCH3 is 2. The third kappa shape index (κ3) is 7.00. The van der Waals surface area contributed by atoms with Gasteiger partial charge in [0.25, 0.3) is 10.0 Å². The normalized spacial score (nSPS) is 11.1. The lowest BCUT2D eigenvalue weighted by Gasteiger charge is -2.25. The molecule has 0 atom stereocenters. The van der Waals surface area contributed by atoms with E-state index in [0.717, 1.165) is 9.87 Å². The van der Waals surface area contributed by atoms with Crippen LogP contribution in [0.1, 0.15) is 5.56 Å². The minimum atomic E-state index is -4.03. The zero-order chi connectivity index (χ0) is 26.1. The molecule has 0 aliphatic rings. The highest BCUT2D eigenvalue weighted by atomic mass is 35.5. The number of carbonyl (C=O) groups is 1. The molecule has 0 heterocycles. The van der Waals surface area contributed by atoms with Crippen molar-refractivity contribution in [3.63, 3.8) is 0 Å². The summed E-state index contributed by atoms with van der Waals surface area (Å²) in [6.45, 7) is -0.0650. The summed E-state index contributed by atoms with van der Waals surface area (Å²) in [6, 6.07) is 18.0. The molecule has 3 aromatic rings. The summed E-state index contributed by atoms with van der Waals surface area (Å²) < 4.78 is 38.6. The molecule has 3 rings (SSSR count). The van der Waals surface area contributed by atoms with Crippen LogP contribution in [0.15, 0.2) is 71.6 Å². The summed E-state index contributed by atoms with van der Waals surface area (Å²) in [5, 5.41) is 3.97. The van der Waals surface area contributed by atoms with Crippen LogP contribution in [0.25, 0.3) is 0 Å². The number of amides is 1. The van der Waals surface area contributed by atoms with Crippen LogP contribution in [0, 0.1) is 0 Å². The third-order valence-electron chi connectivity index (χ3n) is 5.15. The molecular formula is C25H26Cl2N2O5S2. The Bertz CT molecular complexity index is 1270. The minimum Gasteiger partial charge on any atom is -0.493 e. The van der Waals surface area contributed by atoms with E-state index in [4.69, 9.17) is 32.7 Å². The first-order chi connectivity index (χ1) is 17.3. The second-order valence-corrected chi connectivity index (χ2v) is 11.2. The molecule has 0 bridgehead atoms. The fourth-order valence-corrected chi connectivity index (χ4v) is 6.34. The first-order valence-electron chi connectivity index (χ1n) is 10.8. The van der Waals surface area contributed by atoms with Gasteiger partial charge in [-0.3, -0.25) is 9.10 Å². The van der Waals surface area contributed by atoms with E-state index in [1.54, 1.807) is 60.3 Å². The topological polar surface area (TPSA) is 84.9 Å². The van der Waals surface area contributed by atoms with Gasteiger partial charge in [-0.2, -0.15) is 11.8 Å². The van der Waals surface area contributed by atoms with Gasteiger partial charge in [0.15, 0.2) is 11.5 Å². The fourth-order valence-electron chi connectivity index (χ4n) is 3.31. The first-order valence-corrected chi connectivity index (χ1v) is 14.2. The monoisotopic (exact) mass is 568 g/mol. The zero-order valence-corrected chi connectivity index (χ0v) is 22.9. The second-order valence-electron chi connectivity index (χ2n) is 7.47. The molecule has 36 heavy (non-hydrogen) atoms. The van der Waals surface area contributed by atoms with Crippen molar-refractivity contribution in [2.24, 2.45) is 0 Å². The maximum absolute atomic E-state index is 13.5. The van der Waals surface area contributed by atoms with Gasteiger partial charge in [-0.1, -0.05) is 47.5 Å². The highest BCUT2D eigenvalue weighted by Crippen LogP contribution is 2.34. The van der Waals surface area contributed by atoms with Gasteiger partial charge in [0.05, 0.1) is 24.8 Å². The van der Waals surface area contributed by atoms with E-state index in [1.165, 1.54) is 32.4 Å². The number of benzene rings is 3. The Morgan fingerprint density at radius 3 is 2.25 bits per heavy atom. The van der Waals surface area contributed by atoms with Crippen LogP contribution in [-0.4, -0.2) is 47.4 Å². The van der Waals surface area contributed by atoms with Gasteiger partial charge in [-0.05, 0) is 42.0 Å². The average Bonchev–Trinajstić information content (AvgIpc) is 2.88. The van der Waals surface area contributed by atoms with Gasteiger partial charge in [0.2, 0.25) is 5.91 Å². The summed E-state index contributed by atoms with van der Waals surface area (Å²) in [6.07, 6.45) is 0. The largest absolute Gasteiger partial charge is 0.493 e. The molecule has 0 spiro atoms. The molecule has 0 unspecified atom stereocenters. The van der Waals surface area contributed by atoms with E-state index in [9.17, 15) is 13.2 Å². The van der Waals surface area contributed by atoms with Crippen molar-refractivity contribution in [1.82, 2.24) is 5.32 Å². The molecule has 0 saturated heterocycles. The van der Waals surface area contributed by atoms with Crippen molar-refractivity contribution in [2.75, 3.05) is 37.4 Å². The molecule has 3 aromatic carbocycles. The van der Waals surface area contributed by atoms with Gasteiger partial charge in [0, 0.05) is 34.2 Å². The molecule has 0 aliphatic carbocycles. The van der Waals surface area contributed by atoms with Gasteiger partial charge in [0.1, 0.15) is 6.54 Å². The summed E-state index contributed by atoms with van der Waals surface area (Å²) in [5.74, 6) is 1.53. The summed E-state index contributed by atoms with van der Waals surface area (Å²) >= 11 is 13.9. The molecule has 0 aromatic heterocycles. The molecule has 0 aliphatic heterocycles. The van der Waals surface area contributed by atoms with E-state index in [1.807, 2.05) is 0 Å². The Hall–Kier alpha value is -2.59. The van der Waals surface area contributed by atoms with Crippen molar-refractivity contribution in [3.05, 3.63) is 82.3 Å². The van der Waals surface area contributed by atoms with E-state index < -0.39 is 22.5 Å². The highest BCUT2D eigenvalue weighted by molar-refractivity contribution is 7.98. The van der Waals surface area contributed by atoms with Crippen LogP contribution in [0.2, 0.25) is 10.0 Å². The number of hydrogen-bond donors (Lipinski definition) is 1. The minimum absolute atomic E-state index is 0.0692. The van der Waals surface area contributed by atoms with E-state index >= 15 is 0 Å². The smallest absolute Gasteiger partial charge is 0.264 e. The predicted molar refractivity (Wildman–Crippen MR) is 146 cm³/mol. The standard InChI is InChI=1S/C25H26Cl2N2O5S2/c1-33-23-12-11-18(15-24(23)34-2)29(36(31,32)19-7-4-3-5-8-19)16-25(30)28-13-14-35-17-20-21(26)9-6-10-22(20)27/h3-12,15H,13-14,16-17H2,1-2H3,(H,28,30). The van der Waals surface area contributed by atoms with Crippen LogP contribution in [0.5, 0.6) is 11.5 Å². The second kappa shape index (κ2) is 13.1. The van der Waals surface area contributed by atoms with Gasteiger partial charge in [-0.25, -0.2) is 8.42 Å². The number of carbonyl (C=O) groups excluding carboxylic acids is 1. The number of anilines is 1. The fraction of sp³-hybridized carbons (Fsp3) is 0.240. The Morgan fingerprint density at radius 2 is 1.61 bits per heavy atom. The Labute approximate surface area is 225 Å². The van der Waals surface area contributed by atoms with Crippen LogP contribution in [0.4, 0.5) is 5.69 Å². The lowest BCUT2D eigenvalue weighted by atomic mass is 10.2. The van der Waals surface area contributed by atoms with Crippen LogP contribution in [0.3, 0.4) is 0 Å². The molecule has 0 saturated carbocycles. The maximum atomic E-state index is 13.5. The molecule has 1 N–H and O–H groups in total. The van der Waals surface area contributed by atoms with E-state index in [2.05, 4.69) is 5.32 Å². The van der Waals surface area contributed by atoms with Crippen LogP contribution >= 0.6 is 35.0 Å². The number of thioether (sulfide) groups is 1. The van der Waals surface area contributed by atoms with Gasteiger partial charge >= 0.3 is 0 Å². The number of nitrogens with one attached hydrogen (secondary N) is 1. The average molecular weight is 570 g/mol. The number of sulfonamides is 1. The van der Waals surface area contributed by atoms with Crippen LogP contribution < -0.4 is 19.1 Å². The lowest BCUT2D eigenvalue weighted by Crippen LogP contribution is -2.41. The van der Waals surface area contributed by atoms with Crippen LogP contribution in [-0.2, 0) is 20.6 Å². The number of ether oxygens (including phenoxy) is 2. The molecule has 7 nitrogen and oxygen atoms in total. The van der Waals surface area contributed by atoms with Crippen molar-refractivity contribution in [3.8, 4) is 11.5 Å². The molecule has 0 radical (unpaired) electrons. The quantitative estimate of drug-likeness (QED) is 0.300. The molecular weight excluding hydrogens is 543 g/mol. The lowest BCUT2D eigenvalue weighted by molar-refractivity contribution is -0.119. The third-order valence-corrected chi connectivity index (χ3v) is 8.63. The predicted octanol–water partition coefficient (Wildman–Crippen LogP) is 5.26. The van der Waals surface area contributed by atoms with E-state index in [0.29, 0.717) is 39.6 Å². The first kappa shape index (κ1) is 28.0. The van der Waals surface area contributed by atoms with Crippen molar-refractivity contribution in [2.45, 2.75) is 10.6 Å². The number of rotatable bonds is 12. The van der Waals surface area contributed by atoms with Crippen molar-refractivity contribution in [1.29, 1.82) is 0 Å². The Kier molecular flexibility index (Phi) is 10.2. The SMILES string of the molecule is COc1ccc(N(CC(=O)NCCSCc2c(Cl)cccc2Cl)S(=O)(=O)c2ccccc2)cc1OC. The Morgan fingerprint density at radius 1 is 0.944 bits per heavy atom. The van der Waals surface area contributed by atoms with Gasteiger partial charge < -0.3 is 14.8 Å². The van der Waals surface area contributed by atoms with E-state index in [-0.39, 0.29) is 10.6 Å². The zero-order valence-electron chi connectivity index (χ0n) is 19.7. The number of halogens is 2. The summed E-state index contributed by atoms with van der Waals surface area (Å²) in [7, 11) is -1.09. The van der Waals surface area contributed by atoms with Gasteiger partial charge in [-0.15, -0.1) is 0 Å². The molecule has 192 valence electrons. The molecule has 1 amide bonds. The van der Waals surface area contributed by atoms with Crippen molar-refractivity contribution >= 4 is 56.6 Å². The molecule has 11 heteroatoms. The van der Waals surface area contributed by atoms with Crippen molar-refractivity contribution < 1.29 is 22.7 Å². The maximum Gasteiger partial charge on any atom is 0.264 e. The summed E-state index contributed by atoms with van der Waals surface area (Å²) in [5.41, 5.74) is 1.11. The highest BCUT2D eigenvalue weighted by Gasteiger charge is 2.28. The Balaban J connectivity index is 1.71. The summed E-state index contributed by atoms with van der Waals surface area (Å²) in [4.78, 5) is 12.9. The number of hydrogen-bond acceptors (Lipinski definition) is 6. The molecule has 0 fully saturated rings.